The lowest BCUT2D eigenvalue weighted by Crippen LogP contribution is -2.56. The quantitative estimate of drug-likeness (QED) is 0.770. The molecule has 1 rings (SSSR count). The van der Waals surface area contributed by atoms with Gasteiger partial charge in [0, 0.05) is 20.1 Å². The second kappa shape index (κ2) is 6.58. The fourth-order valence-corrected chi connectivity index (χ4v) is 2.43. The number of likely N-dealkylation sites (tertiary alicyclic amines) is 1. The number of carbonyl (C=O) groups excluding carboxylic acids is 2. The number of amides is 3. The Morgan fingerprint density at radius 1 is 1.40 bits per heavy atom. The van der Waals surface area contributed by atoms with Crippen LogP contribution in [-0.4, -0.2) is 65.0 Å². The predicted octanol–water partition coefficient (Wildman–Crippen LogP) is 0.504. The topological polar surface area (TPSA) is 90.0 Å². The van der Waals surface area contributed by atoms with Gasteiger partial charge in [0.15, 0.2) is 0 Å². The summed E-state index contributed by atoms with van der Waals surface area (Å²) in [5.41, 5.74) is -1.17. The summed E-state index contributed by atoms with van der Waals surface area (Å²) in [5.74, 6) is -1.26. The van der Waals surface area contributed by atoms with Crippen molar-refractivity contribution >= 4 is 17.9 Å². The number of aliphatic carboxylic acids is 1. The van der Waals surface area contributed by atoms with Crippen LogP contribution in [0.1, 0.15) is 33.1 Å². The van der Waals surface area contributed by atoms with E-state index in [0.717, 1.165) is 0 Å². The summed E-state index contributed by atoms with van der Waals surface area (Å²) in [5, 5.41) is 11.8. The highest BCUT2D eigenvalue weighted by atomic mass is 16.4. The van der Waals surface area contributed by atoms with Crippen LogP contribution in [0.25, 0.3) is 0 Å². The molecule has 0 aliphatic carbocycles. The van der Waals surface area contributed by atoms with Gasteiger partial charge in [-0.2, -0.15) is 0 Å². The highest BCUT2D eigenvalue weighted by molar-refractivity contribution is 5.89. The molecule has 7 nitrogen and oxygen atoms in total. The van der Waals surface area contributed by atoms with Gasteiger partial charge in [-0.15, -0.1) is 0 Å². The number of hydrogen-bond acceptors (Lipinski definition) is 3. The number of nitrogens with one attached hydrogen (secondary N) is 1. The molecule has 20 heavy (non-hydrogen) atoms. The number of carbonyl (C=O) groups is 3. The molecule has 0 spiro atoms. The van der Waals surface area contributed by atoms with E-state index in [4.69, 9.17) is 0 Å². The van der Waals surface area contributed by atoms with Crippen molar-refractivity contribution in [2.75, 3.05) is 26.7 Å². The fraction of sp³-hybridized carbons (Fsp3) is 0.769. The van der Waals surface area contributed by atoms with Crippen molar-refractivity contribution in [1.29, 1.82) is 0 Å². The predicted molar refractivity (Wildman–Crippen MR) is 73.3 cm³/mol. The molecule has 2 N–H and O–H groups in total. The molecule has 0 saturated carbocycles. The van der Waals surface area contributed by atoms with E-state index in [0.29, 0.717) is 32.4 Å². The number of carboxylic acids is 1. The first-order valence-corrected chi connectivity index (χ1v) is 6.87. The first kappa shape index (κ1) is 16.3. The summed E-state index contributed by atoms with van der Waals surface area (Å²) in [7, 11) is 1.51. The van der Waals surface area contributed by atoms with Crippen LogP contribution in [0.5, 0.6) is 0 Å². The zero-order valence-electron chi connectivity index (χ0n) is 12.3. The zero-order chi connectivity index (χ0) is 15.3. The van der Waals surface area contributed by atoms with Crippen molar-refractivity contribution in [3.8, 4) is 0 Å². The number of likely N-dealkylation sites (N-methyl/N-ethyl adjacent to an activating group) is 1. The van der Waals surface area contributed by atoms with Gasteiger partial charge < -0.3 is 20.2 Å². The van der Waals surface area contributed by atoms with Gasteiger partial charge in [0.2, 0.25) is 5.91 Å². The highest BCUT2D eigenvalue weighted by Crippen LogP contribution is 2.30. The third kappa shape index (κ3) is 3.20. The Bertz CT molecular complexity index is 399. The summed E-state index contributed by atoms with van der Waals surface area (Å²) in [6.07, 6.45) is 1.81. The van der Waals surface area contributed by atoms with E-state index < -0.39 is 11.5 Å². The fourth-order valence-electron chi connectivity index (χ4n) is 2.43. The minimum Gasteiger partial charge on any atom is -0.480 e. The average Bonchev–Trinajstić information content (AvgIpc) is 2.80. The van der Waals surface area contributed by atoms with E-state index in [9.17, 15) is 19.5 Å². The molecular weight excluding hydrogens is 262 g/mol. The molecule has 114 valence electrons. The van der Waals surface area contributed by atoms with Crippen molar-refractivity contribution < 1.29 is 19.5 Å². The average molecular weight is 285 g/mol. The lowest BCUT2D eigenvalue weighted by atomic mass is 10.00. The monoisotopic (exact) mass is 285 g/mol. The number of rotatable bonds is 5. The Hall–Kier alpha value is -1.79. The summed E-state index contributed by atoms with van der Waals surface area (Å²) in [6, 6.07) is -0.377. The lowest BCUT2D eigenvalue weighted by Gasteiger charge is -2.35. The second-order valence-electron chi connectivity index (χ2n) is 5.21. The van der Waals surface area contributed by atoms with Gasteiger partial charge in [0.1, 0.15) is 12.1 Å². The Morgan fingerprint density at radius 3 is 2.55 bits per heavy atom. The molecule has 0 aromatic rings. The summed E-state index contributed by atoms with van der Waals surface area (Å²) >= 11 is 0. The molecule has 1 aliphatic heterocycles. The summed E-state index contributed by atoms with van der Waals surface area (Å²) < 4.78 is 0. The van der Waals surface area contributed by atoms with E-state index in [-0.39, 0.29) is 18.5 Å². The van der Waals surface area contributed by atoms with Crippen molar-refractivity contribution in [2.24, 2.45) is 0 Å². The van der Waals surface area contributed by atoms with Gasteiger partial charge in [-0.25, -0.2) is 9.59 Å². The van der Waals surface area contributed by atoms with Crippen LogP contribution in [0.2, 0.25) is 0 Å². The largest absolute Gasteiger partial charge is 0.480 e. The van der Waals surface area contributed by atoms with Crippen LogP contribution in [0.4, 0.5) is 4.79 Å². The van der Waals surface area contributed by atoms with Gasteiger partial charge in [-0.1, -0.05) is 6.92 Å². The Balaban J connectivity index is 2.88. The van der Waals surface area contributed by atoms with E-state index in [1.165, 1.54) is 16.8 Å². The van der Waals surface area contributed by atoms with E-state index >= 15 is 0 Å². The molecule has 1 fully saturated rings. The smallest absolute Gasteiger partial charge is 0.329 e. The van der Waals surface area contributed by atoms with Crippen LogP contribution in [0.15, 0.2) is 0 Å². The van der Waals surface area contributed by atoms with Gasteiger partial charge >= 0.3 is 12.0 Å². The normalized spacial score (nSPS) is 21.6. The van der Waals surface area contributed by atoms with Crippen LogP contribution in [0.3, 0.4) is 0 Å². The van der Waals surface area contributed by atoms with Crippen molar-refractivity contribution in [3.05, 3.63) is 0 Å². The molecular formula is C13H23N3O4. The SMILES string of the molecule is CCCN(CC(=O)NC)C(=O)N1CCCC1(C)C(=O)O. The summed E-state index contributed by atoms with van der Waals surface area (Å²) in [6.45, 7) is 4.26. The Labute approximate surface area is 118 Å². The molecule has 1 saturated heterocycles. The molecule has 1 heterocycles. The first-order valence-electron chi connectivity index (χ1n) is 6.87. The maximum absolute atomic E-state index is 12.5. The highest BCUT2D eigenvalue weighted by Gasteiger charge is 2.47. The van der Waals surface area contributed by atoms with Crippen LogP contribution >= 0.6 is 0 Å². The number of hydrogen-bond donors (Lipinski definition) is 2. The molecule has 1 unspecified atom stereocenters. The maximum Gasteiger partial charge on any atom is 0.329 e. The maximum atomic E-state index is 12.5. The summed E-state index contributed by atoms with van der Waals surface area (Å²) in [4.78, 5) is 38.2. The first-order chi connectivity index (χ1) is 9.36. The zero-order valence-corrected chi connectivity index (χ0v) is 12.3. The van der Waals surface area contributed by atoms with Crippen LogP contribution < -0.4 is 5.32 Å². The van der Waals surface area contributed by atoms with E-state index in [2.05, 4.69) is 5.32 Å². The minimum atomic E-state index is -1.17. The molecule has 3 amide bonds. The van der Waals surface area contributed by atoms with Gasteiger partial charge in [-0.3, -0.25) is 4.79 Å². The standard InChI is InChI=1S/C13H23N3O4/c1-4-7-15(9-10(17)14-3)12(20)16-8-5-6-13(16,2)11(18)19/h4-9H2,1-3H3,(H,14,17)(H,18,19). The molecule has 1 atom stereocenters. The van der Waals surface area contributed by atoms with Gasteiger partial charge in [0.25, 0.3) is 0 Å². The van der Waals surface area contributed by atoms with Crippen molar-refractivity contribution in [2.45, 2.75) is 38.6 Å². The van der Waals surface area contributed by atoms with Crippen molar-refractivity contribution in [3.63, 3.8) is 0 Å². The number of urea groups is 1. The minimum absolute atomic E-state index is 0.0463. The third-order valence-corrected chi connectivity index (χ3v) is 3.71. The molecule has 1 aliphatic rings. The Kier molecular flexibility index (Phi) is 5.35. The van der Waals surface area contributed by atoms with Gasteiger partial charge in [0.05, 0.1) is 0 Å². The van der Waals surface area contributed by atoms with Gasteiger partial charge in [-0.05, 0) is 26.2 Å². The lowest BCUT2D eigenvalue weighted by molar-refractivity contribution is -0.147. The van der Waals surface area contributed by atoms with Crippen LogP contribution in [-0.2, 0) is 9.59 Å². The molecule has 7 heteroatoms. The van der Waals surface area contributed by atoms with E-state index in [1.807, 2.05) is 6.92 Å². The molecule has 0 aromatic carbocycles. The Morgan fingerprint density at radius 2 is 2.05 bits per heavy atom. The third-order valence-electron chi connectivity index (χ3n) is 3.71. The number of carboxylic acid groups (broad SMARTS) is 1. The molecule has 0 radical (unpaired) electrons. The second-order valence-corrected chi connectivity index (χ2v) is 5.21. The van der Waals surface area contributed by atoms with E-state index in [1.54, 1.807) is 6.92 Å². The molecule has 0 bridgehead atoms. The van der Waals surface area contributed by atoms with Crippen LogP contribution in [0, 0.1) is 0 Å². The molecule has 0 aromatic heterocycles. The number of nitrogens with zero attached hydrogens (tertiary/aromatic N) is 2. The van der Waals surface area contributed by atoms with Crippen molar-refractivity contribution in [1.82, 2.24) is 15.1 Å².